The van der Waals surface area contributed by atoms with Crippen LogP contribution < -0.4 is 0 Å². The summed E-state index contributed by atoms with van der Waals surface area (Å²) in [7, 11) is -9.91. The van der Waals surface area contributed by atoms with E-state index in [0.717, 1.165) is 121 Å². The summed E-state index contributed by atoms with van der Waals surface area (Å²) in [6.07, 6.45) is 58.1. The Morgan fingerprint density at radius 2 is 0.581 bits per heavy atom. The van der Waals surface area contributed by atoms with E-state index >= 15 is 0 Å². The molecule has 0 aromatic carbocycles. The number of aliphatic hydroxyl groups is 1. The molecule has 0 aliphatic carbocycles. The number of allylic oxidation sites excluding steroid dienone is 4. The Hall–Kier alpha value is -2.46. The molecule has 0 aliphatic heterocycles. The molecule has 0 amide bonds. The molecule has 0 aromatic rings. The van der Waals surface area contributed by atoms with Crippen molar-refractivity contribution in [2.45, 2.75) is 380 Å². The molecule has 0 spiro atoms. The summed E-state index contributed by atoms with van der Waals surface area (Å²) in [5.41, 5.74) is 0. The summed E-state index contributed by atoms with van der Waals surface area (Å²) in [6.45, 7) is 7.13. The number of phosphoric ester groups is 2. The van der Waals surface area contributed by atoms with Crippen molar-refractivity contribution >= 4 is 39.5 Å². The lowest BCUT2D eigenvalue weighted by atomic mass is 10.0. The molecular weight excluding hydrogens is 1220 g/mol. The van der Waals surface area contributed by atoms with Gasteiger partial charge in [-0.3, -0.25) is 37.3 Å². The van der Waals surface area contributed by atoms with Crippen molar-refractivity contribution in [1.82, 2.24) is 0 Å². The minimum Gasteiger partial charge on any atom is -0.462 e. The van der Waals surface area contributed by atoms with Crippen LogP contribution in [0.3, 0.4) is 0 Å². The highest BCUT2D eigenvalue weighted by molar-refractivity contribution is 7.47. The lowest BCUT2D eigenvalue weighted by Gasteiger charge is -2.21. The van der Waals surface area contributed by atoms with Crippen molar-refractivity contribution in [2.24, 2.45) is 5.92 Å². The van der Waals surface area contributed by atoms with Crippen molar-refractivity contribution in [3.8, 4) is 0 Å². The number of rotatable bonds is 72. The number of ether oxygens (including phenoxy) is 4. The fourth-order valence-electron chi connectivity index (χ4n) is 10.8. The number of carbonyl (C=O) groups is 4. The van der Waals surface area contributed by atoms with Gasteiger partial charge in [0, 0.05) is 25.7 Å². The first-order valence-corrected chi connectivity index (χ1v) is 40.9. The van der Waals surface area contributed by atoms with Gasteiger partial charge in [0.05, 0.1) is 26.4 Å². The predicted octanol–water partition coefficient (Wildman–Crippen LogP) is 21.2. The maximum atomic E-state index is 13.0. The highest BCUT2D eigenvalue weighted by Crippen LogP contribution is 2.45. The Morgan fingerprint density at radius 3 is 0.882 bits per heavy atom. The minimum absolute atomic E-state index is 0.102. The zero-order valence-electron chi connectivity index (χ0n) is 59.9. The van der Waals surface area contributed by atoms with E-state index in [1.807, 2.05) is 0 Å². The molecule has 0 saturated carbocycles. The van der Waals surface area contributed by atoms with Crippen molar-refractivity contribution in [2.75, 3.05) is 39.6 Å². The Bertz CT molecular complexity index is 1880. The molecule has 19 heteroatoms. The molecule has 0 fully saturated rings. The molecule has 548 valence electrons. The monoisotopic (exact) mass is 1360 g/mol. The van der Waals surface area contributed by atoms with E-state index in [0.29, 0.717) is 25.7 Å². The number of carbonyl (C=O) groups excluding carboxylic acids is 4. The topological polar surface area (TPSA) is 237 Å². The second-order valence-electron chi connectivity index (χ2n) is 26.5. The van der Waals surface area contributed by atoms with Crippen LogP contribution >= 0.6 is 15.6 Å². The Morgan fingerprint density at radius 1 is 0.333 bits per heavy atom. The molecule has 0 rings (SSSR count). The molecule has 0 radical (unpaired) electrons. The van der Waals surface area contributed by atoms with Crippen LogP contribution in [0.25, 0.3) is 0 Å². The molecule has 2 unspecified atom stereocenters. The van der Waals surface area contributed by atoms with Gasteiger partial charge in [0.1, 0.15) is 19.3 Å². The summed E-state index contributed by atoms with van der Waals surface area (Å²) in [5.74, 6) is -1.38. The van der Waals surface area contributed by atoms with Crippen molar-refractivity contribution < 1.29 is 80.2 Å². The number of hydrogen-bond acceptors (Lipinski definition) is 15. The van der Waals surface area contributed by atoms with Crippen LogP contribution in [0.15, 0.2) is 24.3 Å². The van der Waals surface area contributed by atoms with E-state index in [2.05, 4.69) is 58.9 Å². The smallest absolute Gasteiger partial charge is 0.462 e. The van der Waals surface area contributed by atoms with Gasteiger partial charge < -0.3 is 33.8 Å². The van der Waals surface area contributed by atoms with E-state index in [1.54, 1.807) is 0 Å². The van der Waals surface area contributed by atoms with E-state index < -0.39 is 97.5 Å². The average molecular weight is 1360 g/mol. The van der Waals surface area contributed by atoms with Crippen LogP contribution in [0, 0.1) is 5.92 Å². The quantitative estimate of drug-likeness (QED) is 0.0169. The van der Waals surface area contributed by atoms with Gasteiger partial charge in [0.2, 0.25) is 0 Å². The Balaban J connectivity index is 5.18. The van der Waals surface area contributed by atoms with Crippen molar-refractivity contribution in [1.29, 1.82) is 0 Å². The first-order chi connectivity index (χ1) is 45.0. The molecule has 0 aromatic heterocycles. The van der Waals surface area contributed by atoms with Crippen LogP contribution in [-0.2, 0) is 65.4 Å². The second kappa shape index (κ2) is 66.8. The van der Waals surface area contributed by atoms with E-state index in [1.165, 1.54) is 161 Å². The summed E-state index contributed by atoms with van der Waals surface area (Å²) in [6, 6.07) is 0. The molecular formula is C74H140O17P2. The van der Waals surface area contributed by atoms with Gasteiger partial charge in [-0.05, 0) is 57.3 Å². The average Bonchev–Trinajstić information content (AvgIpc) is 2.03. The predicted molar refractivity (Wildman–Crippen MR) is 377 cm³/mol. The maximum absolute atomic E-state index is 13.0. The molecule has 0 aliphatic rings. The summed E-state index contributed by atoms with van der Waals surface area (Å²) < 4.78 is 68.2. The van der Waals surface area contributed by atoms with Crippen LogP contribution in [0.4, 0.5) is 0 Å². The number of aliphatic hydroxyl groups excluding tert-OH is 1. The first-order valence-electron chi connectivity index (χ1n) is 38.0. The fraction of sp³-hybridized carbons (Fsp3) is 0.892. The third kappa shape index (κ3) is 67.9. The van der Waals surface area contributed by atoms with Crippen molar-refractivity contribution in [3.05, 3.63) is 24.3 Å². The highest BCUT2D eigenvalue weighted by atomic mass is 31.2. The van der Waals surface area contributed by atoms with Gasteiger partial charge in [0.25, 0.3) is 0 Å². The van der Waals surface area contributed by atoms with Crippen LogP contribution in [0.2, 0.25) is 0 Å². The second-order valence-corrected chi connectivity index (χ2v) is 29.4. The van der Waals surface area contributed by atoms with E-state index in [4.69, 9.17) is 37.0 Å². The molecule has 5 atom stereocenters. The van der Waals surface area contributed by atoms with E-state index in [-0.39, 0.29) is 25.7 Å². The molecule has 17 nitrogen and oxygen atoms in total. The largest absolute Gasteiger partial charge is 0.472 e. The molecule has 0 bridgehead atoms. The summed E-state index contributed by atoms with van der Waals surface area (Å²) >= 11 is 0. The summed E-state index contributed by atoms with van der Waals surface area (Å²) in [4.78, 5) is 72.4. The highest BCUT2D eigenvalue weighted by Gasteiger charge is 2.30. The standard InChI is InChI=1S/C74H140O17P2/c1-6-9-12-15-17-19-21-23-25-26-27-29-31-36-40-44-49-54-60-74(79)91-70(64-85-72(77)58-53-48-43-39-35-30-28-24-22-20-18-16-13-10-7-2)66-89-93(82,83)87-62-68(75)61-86-92(80,81)88-65-69(63-84-71(76)57-52-46-14-11-8-3)90-73(78)59-55-50-45-41-37-33-32-34-38-42-47-51-56-67(4)5/h20,22,24,28,67-70,75H,6-19,21,23,25-27,29-66H2,1-5H3,(H,80,81)(H,82,83)/b22-20-,28-24-/t68-,69+,70+/m0/s1. The molecule has 0 heterocycles. The Kier molecular flexibility index (Phi) is 65.0. The lowest BCUT2D eigenvalue weighted by Crippen LogP contribution is -2.30. The first kappa shape index (κ1) is 90.5. The maximum Gasteiger partial charge on any atom is 0.472 e. The van der Waals surface area contributed by atoms with Gasteiger partial charge in [-0.2, -0.15) is 0 Å². The summed E-state index contributed by atoms with van der Waals surface area (Å²) in [5, 5.41) is 10.6. The van der Waals surface area contributed by atoms with Gasteiger partial charge >= 0.3 is 39.5 Å². The van der Waals surface area contributed by atoms with Gasteiger partial charge in [0.15, 0.2) is 12.2 Å². The van der Waals surface area contributed by atoms with Gasteiger partial charge in [-0.15, -0.1) is 0 Å². The number of hydrogen-bond donors (Lipinski definition) is 3. The number of esters is 4. The molecule has 0 saturated heterocycles. The van der Waals surface area contributed by atoms with E-state index in [9.17, 15) is 43.2 Å². The minimum atomic E-state index is -4.96. The van der Waals surface area contributed by atoms with Gasteiger partial charge in [-0.1, -0.05) is 309 Å². The lowest BCUT2D eigenvalue weighted by molar-refractivity contribution is -0.161. The number of unbranched alkanes of at least 4 members (excludes halogenated alkanes) is 41. The fourth-order valence-corrected chi connectivity index (χ4v) is 12.4. The van der Waals surface area contributed by atoms with Crippen LogP contribution in [-0.4, -0.2) is 96.7 Å². The SMILES string of the molecule is CCCCCC/C=C\C=C/CCCCCCCC(=O)OC[C@H](COP(=O)(O)OC[C@@H](O)COP(=O)(O)OC[C@@H](COC(=O)CCCCCCC)OC(=O)CCCCCCCCCCCCCCC(C)C)OC(=O)CCCCCCCCCCCCCCCCCCCC. The molecule has 3 N–H and O–H groups in total. The zero-order valence-corrected chi connectivity index (χ0v) is 61.7. The van der Waals surface area contributed by atoms with Crippen LogP contribution in [0.5, 0.6) is 0 Å². The zero-order chi connectivity index (χ0) is 68.4. The third-order valence-corrected chi connectivity index (χ3v) is 18.6. The van der Waals surface area contributed by atoms with Crippen LogP contribution in [0.1, 0.15) is 362 Å². The normalized spacial score (nSPS) is 14.2. The number of phosphoric acid groups is 2. The van der Waals surface area contributed by atoms with Gasteiger partial charge in [-0.25, -0.2) is 9.13 Å². The van der Waals surface area contributed by atoms with Crippen molar-refractivity contribution in [3.63, 3.8) is 0 Å². The third-order valence-electron chi connectivity index (χ3n) is 16.7. The molecule has 93 heavy (non-hydrogen) atoms. The Labute approximate surface area is 567 Å².